The Hall–Kier alpha value is -1.87. The number of anilines is 3. The van der Waals surface area contributed by atoms with Crippen LogP contribution in [-0.2, 0) is 0 Å². The third kappa shape index (κ3) is 3.62. The summed E-state index contributed by atoms with van der Waals surface area (Å²) in [4.78, 5) is 12.7. The molecule has 6 nitrogen and oxygen atoms in total. The average molecular weight is 438 g/mol. The quantitative estimate of drug-likeness (QED) is 0.433. The second-order valence-electron chi connectivity index (χ2n) is 5.85. The predicted molar refractivity (Wildman–Crippen MR) is 102 cm³/mol. The minimum Gasteiger partial charge on any atom is -0.391 e. The van der Waals surface area contributed by atoms with Crippen LogP contribution >= 0.6 is 22.6 Å². The fraction of sp³-hybridized carbons (Fsp3) is 0.294. The van der Waals surface area contributed by atoms with Crippen molar-refractivity contribution in [2.75, 3.05) is 23.3 Å². The summed E-state index contributed by atoms with van der Waals surface area (Å²) in [6, 6.07) is 12.1. The number of aliphatic hydroxyl groups excluding tert-OH is 1. The number of nitrogens with zero attached hydrogens (tertiary/aromatic N) is 2. The highest BCUT2D eigenvalue weighted by Crippen LogP contribution is 2.34. The number of hydrogen-bond donors (Lipinski definition) is 2. The highest BCUT2D eigenvalue weighted by molar-refractivity contribution is 14.1. The number of nitrogens with one attached hydrogen (secondary N) is 1. The maximum absolute atomic E-state index is 11.3. The van der Waals surface area contributed by atoms with Crippen molar-refractivity contribution in [2.24, 2.45) is 0 Å². The van der Waals surface area contributed by atoms with Crippen LogP contribution in [-0.4, -0.2) is 29.2 Å². The number of rotatable bonds is 4. The summed E-state index contributed by atoms with van der Waals surface area (Å²) in [5, 5.41) is 24.3. The van der Waals surface area contributed by atoms with E-state index in [0.717, 1.165) is 14.8 Å². The smallest absolute Gasteiger partial charge is 0.293 e. The van der Waals surface area contributed by atoms with Crippen molar-refractivity contribution in [2.45, 2.75) is 19.4 Å². The Morgan fingerprint density at radius 2 is 2.25 bits per heavy atom. The van der Waals surface area contributed by atoms with E-state index in [0.29, 0.717) is 30.9 Å². The molecule has 0 aromatic heterocycles. The molecular formula is C17H17IN3O3. The highest BCUT2D eigenvalue weighted by Gasteiger charge is 2.26. The van der Waals surface area contributed by atoms with Crippen molar-refractivity contribution in [1.82, 2.24) is 0 Å². The Balaban J connectivity index is 1.93. The van der Waals surface area contributed by atoms with Gasteiger partial charge in [-0.15, -0.1) is 0 Å². The topological polar surface area (TPSA) is 78.6 Å². The van der Waals surface area contributed by atoms with Crippen molar-refractivity contribution in [3.05, 3.63) is 55.6 Å². The maximum Gasteiger partial charge on any atom is 0.293 e. The van der Waals surface area contributed by atoms with E-state index in [4.69, 9.17) is 0 Å². The van der Waals surface area contributed by atoms with Gasteiger partial charge >= 0.3 is 0 Å². The molecule has 1 aliphatic rings. The molecule has 1 saturated heterocycles. The summed E-state index contributed by atoms with van der Waals surface area (Å²) in [7, 11) is 0. The molecule has 125 valence electrons. The number of aliphatic hydroxyl groups is 1. The molecule has 1 heterocycles. The van der Waals surface area contributed by atoms with Gasteiger partial charge in [0, 0.05) is 40.2 Å². The summed E-state index contributed by atoms with van der Waals surface area (Å²) >= 11 is 2.26. The maximum atomic E-state index is 11.3. The second kappa shape index (κ2) is 6.94. The first-order chi connectivity index (χ1) is 11.4. The van der Waals surface area contributed by atoms with Gasteiger partial charge in [0.2, 0.25) is 0 Å². The number of nitro benzene ring substituents is 1. The van der Waals surface area contributed by atoms with Crippen LogP contribution in [0.25, 0.3) is 0 Å². The van der Waals surface area contributed by atoms with E-state index in [1.807, 2.05) is 24.0 Å². The van der Waals surface area contributed by atoms with Gasteiger partial charge < -0.3 is 15.3 Å². The van der Waals surface area contributed by atoms with E-state index < -0.39 is 11.0 Å². The molecule has 1 radical (unpaired) electrons. The Labute approximate surface area is 153 Å². The fourth-order valence-electron chi connectivity index (χ4n) is 2.82. The van der Waals surface area contributed by atoms with E-state index in [1.165, 1.54) is 6.07 Å². The highest BCUT2D eigenvalue weighted by atomic mass is 127. The lowest BCUT2D eigenvalue weighted by Gasteiger charge is -2.19. The molecule has 1 fully saturated rings. The minimum absolute atomic E-state index is 0.00832. The molecule has 2 aromatic carbocycles. The lowest BCUT2D eigenvalue weighted by Crippen LogP contribution is -2.22. The van der Waals surface area contributed by atoms with Crippen LogP contribution in [0, 0.1) is 26.7 Å². The molecular weight excluding hydrogens is 421 g/mol. The number of benzene rings is 2. The van der Waals surface area contributed by atoms with Crippen LogP contribution in [0.15, 0.2) is 30.3 Å². The molecule has 0 aliphatic carbocycles. The van der Waals surface area contributed by atoms with Gasteiger partial charge in [0.25, 0.3) is 5.69 Å². The zero-order valence-corrected chi connectivity index (χ0v) is 15.3. The molecule has 2 aromatic rings. The third-order valence-corrected chi connectivity index (χ3v) is 4.74. The Kier molecular flexibility index (Phi) is 4.91. The van der Waals surface area contributed by atoms with E-state index in [9.17, 15) is 15.2 Å². The Morgan fingerprint density at radius 1 is 1.46 bits per heavy atom. The van der Waals surface area contributed by atoms with E-state index in [2.05, 4.69) is 40.0 Å². The zero-order chi connectivity index (χ0) is 17.3. The second-order valence-corrected chi connectivity index (χ2v) is 7.09. The molecule has 3 rings (SSSR count). The van der Waals surface area contributed by atoms with Crippen LogP contribution in [0.5, 0.6) is 0 Å². The van der Waals surface area contributed by atoms with Crippen LogP contribution in [0.3, 0.4) is 0 Å². The fourth-order valence-corrected chi connectivity index (χ4v) is 3.46. The Morgan fingerprint density at radius 3 is 2.88 bits per heavy atom. The van der Waals surface area contributed by atoms with Crippen molar-refractivity contribution in [3.8, 4) is 0 Å². The first-order valence-corrected chi connectivity index (χ1v) is 8.68. The molecule has 24 heavy (non-hydrogen) atoms. The molecule has 0 saturated carbocycles. The molecule has 1 atom stereocenters. The summed E-state index contributed by atoms with van der Waals surface area (Å²) in [6.45, 7) is 3.02. The molecule has 0 spiro atoms. The van der Waals surface area contributed by atoms with E-state index >= 15 is 0 Å². The van der Waals surface area contributed by atoms with Crippen molar-refractivity contribution in [1.29, 1.82) is 0 Å². The molecule has 7 heteroatoms. The van der Waals surface area contributed by atoms with Gasteiger partial charge in [-0.25, -0.2) is 0 Å². The number of hydrogen-bond acceptors (Lipinski definition) is 5. The van der Waals surface area contributed by atoms with Crippen LogP contribution in [0.2, 0.25) is 0 Å². The summed E-state index contributed by atoms with van der Waals surface area (Å²) < 4.78 is 1.15. The average Bonchev–Trinajstić information content (AvgIpc) is 2.96. The number of β-amino-alcohol motifs (C(OH)–C–C–N with tert-alkyl or cyclic N) is 1. The lowest BCUT2D eigenvalue weighted by molar-refractivity contribution is -0.384. The number of halogens is 1. The molecule has 0 amide bonds. The molecule has 1 unspecified atom stereocenters. The van der Waals surface area contributed by atoms with Gasteiger partial charge in [0.15, 0.2) is 0 Å². The van der Waals surface area contributed by atoms with Gasteiger partial charge in [-0.3, -0.25) is 10.1 Å². The van der Waals surface area contributed by atoms with Gasteiger partial charge in [0.1, 0.15) is 5.69 Å². The number of nitro groups is 1. The van der Waals surface area contributed by atoms with Gasteiger partial charge in [0.05, 0.1) is 11.0 Å². The van der Waals surface area contributed by atoms with Crippen LogP contribution in [0.1, 0.15) is 12.0 Å². The first kappa shape index (κ1) is 17.0. The van der Waals surface area contributed by atoms with Crippen molar-refractivity contribution >= 4 is 45.3 Å². The molecule has 1 aliphatic heterocycles. The van der Waals surface area contributed by atoms with Gasteiger partial charge in [-0.05, 0) is 65.8 Å². The first-order valence-electron chi connectivity index (χ1n) is 7.60. The van der Waals surface area contributed by atoms with Gasteiger partial charge in [-0.2, -0.15) is 0 Å². The monoisotopic (exact) mass is 438 g/mol. The van der Waals surface area contributed by atoms with Crippen molar-refractivity contribution in [3.63, 3.8) is 0 Å². The van der Waals surface area contributed by atoms with Crippen LogP contribution in [0.4, 0.5) is 22.7 Å². The van der Waals surface area contributed by atoms with E-state index in [-0.39, 0.29) is 5.69 Å². The van der Waals surface area contributed by atoms with Crippen molar-refractivity contribution < 1.29 is 10.0 Å². The largest absolute Gasteiger partial charge is 0.391 e. The van der Waals surface area contributed by atoms with Crippen LogP contribution < -0.4 is 10.2 Å². The normalized spacial score (nSPS) is 17.1. The Bertz CT molecular complexity index is 782. The molecule has 0 bridgehead atoms. The summed E-state index contributed by atoms with van der Waals surface area (Å²) in [5.41, 5.74) is 3.22. The SMILES string of the molecule is Cc1cc(I)ccc1Nc1[c]cc([N+](=O)[O-])c(N2CCC(O)C2)c1. The van der Waals surface area contributed by atoms with E-state index in [1.54, 1.807) is 6.07 Å². The summed E-state index contributed by atoms with van der Waals surface area (Å²) in [5.74, 6) is 0. The third-order valence-electron chi connectivity index (χ3n) is 4.07. The number of aryl methyl sites for hydroxylation is 1. The lowest BCUT2D eigenvalue weighted by atomic mass is 10.1. The minimum atomic E-state index is -0.441. The summed E-state index contributed by atoms with van der Waals surface area (Å²) in [6.07, 6.45) is 0.179. The molecule has 2 N–H and O–H groups in total. The van der Waals surface area contributed by atoms with Gasteiger partial charge in [-0.1, -0.05) is 0 Å². The predicted octanol–water partition coefficient (Wildman–Crippen LogP) is 3.62. The zero-order valence-electron chi connectivity index (χ0n) is 13.1. The standard InChI is InChI=1S/C17H17IN3O3/c1-11-8-12(18)2-4-15(11)19-13-3-5-16(21(23)24)17(9-13)20-7-6-14(22)10-20/h2,4-5,8-9,14,19,22H,6-7,10H2,1H3.